The number of hydrogen-bond donors (Lipinski definition) is 2. The zero-order chi connectivity index (χ0) is 11.4. The lowest BCUT2D eigenvalue weighted by Gasteiger charge is -2.05. The average molecular weight is 211 g/mol. The molecule has 0 fully saturated rings. The van der Waals surface area contributed by atoms with Crippen LogP contribution < -0.4 is 10.7 Å². The number of anilines is 1. The minimum Gasteiger partial charge on any atom is -0.309 e. The van der Waals surface area contributed by atoms with Crippen LogP contribution in [0.1, 0.15) is 11.1 Å². The number of nitrogens with zero attached hydrogens (tertiary/aromatic N) is 3. The maximum Gasteiger partial charge on any atom is 0.237 e. The fourth-order valence-electron chi connectivity index (χ4n) is 1.63. The predicted molar refractivity (Wildman–Crippen MR) is 59.3 cm³/mol. The summed E-state index contributed by atoms with van der Waals surface area (Å²) >= 11 is 0. The van der Waals surface area contributed by atoms with Crippen molar-refractivity contribution in [3.05, 3.63) is 29.3 Å². The molecule has 0 saturated heterocycles. The van der Waals surface area contributed by atoms with Gasteiger partial charge in [-0.05, 0) is 17.2 Å². The molecule has 5 nitrogen and oxygen atoms in total. The molecular formula is C11H9N5. The fourth-order valence-corrected chi connectivity index (χ4v) is 1.63. The van der Waals surface area contributed by atoms with E-state index in [2.05, 4.69) is 15.8 Å². The van der Waals surface area contributed by atoms with E-state index in [-0.39, 0.29) is 5.71 Å². The van der Waals surface area contributed by atoms with E-state index in [1.165, 1.54) is 5.56 Å². The largest absolute Gasteiger partial charge is 0.309 e. The third-order valence-electron chi connectivity index (χ3n) is 2.39. The summed E-state index contributed by atoms with van der Waals surface area (Å²) in [4.78, 5) is 0. The lowest BCUT2D eigenvalue weighted by atomic mass is 10.1. The molecule has 1 aliphatic rings. The van der Waals surface area contributed by atoms with E-state index in [1.807, 2.05) is 18.2 Å². The van der Waals surface area contributed by atoms with Crippen LogP contribution in [0.3, 0.4) is 0 Å². The van der Waals surface area contributed by atoms with Crippen molar-refractivity contribution in [3.8, 4) is 12.1 Å². The van der Waals surface area contributed by atoms with Gasteiger partial charge in [0.1, 0.15) is 12.1 Å². The van der Waals surface area contributed by atoms with Crippen molar-refractivity contribution in [1.29, 1.82) is 10.5 Å². The van der Waals surface area contributed by atoms with Crippen LogP contribution in [-0.2, 0) is 13.1 Å². The van der Waals surface area contributed by atoms with E-state index in [0.29, 0.717) is 0 Å². The number of hydrogen-bond acceptors (Lipinski definition) is 5. The second kappa shape index (κ2) is 4.43. The molecule has 1 aromatic rings. The Morgan fingerprint density at radius 3 is 2.88 bits per heavy atom. The van der Waals surface area contributed by atoms with E-state index in [0.717, 1.165) is 24.3 Å². The van der Waals surface area contributed by atoms with Crippen molar-refractivity contribution < 1.29 is 0 Å². The lowest BCUT2D eigenvalue weighted by Crippen LogP contribution is -2.02. The second-order valence-electron chi connectivity index (χ2n) is 3.34. The number of hydrazone groups is 1. The molecule has 0 atom stereocenters. The summed E-state index contributed by atoms with van der Waals surface area (Å²) in [5.41, 5.74) is 5.77. The zero-order valence-electron chi connectivity index (χ0n) is 8.49. The topological polar surface area (TPSA) is 84.0 Å². The highest BCUT2D eigenvalue weighted by atomic mass is 15.3. The number of nitriles is 2. The molecular weight excluding hydrogens is 202 g/mol. The van der Waals surface area contributed by atoms with E-state index >= 15 is 0 Å². The third kappa shape index (κ3) is 1.85. The number of nitrogens with one attached hydrogen (secondary N) is 2. The van der Waals surface area contributed by atoms with Gasteiger partial charge >= 0.3 is 0 Å². The van der Waals surface area contributed by atoms with Crippen LogP contribution in [0.25, 0.3) is 0 Å². The standard InChI is InChI=1S/C11H9N5/c12-4-9(5-13)15-16-11-3-1-2-8-6-14-7-10(8)11/h1-3,14,16H,6-7H2. The van der Waals surface area contributed by atoms with Crippen molar-refractivity contribution in [2.75, 3.05) is 5.43 Å². The minimum absolute atomic E-state index is 0.177. The highest BCUT2D eigenvalue weighted by molar-refractivity contribution is 6.10. The lowest BCUT2D eigenvalue weighted by molar-refractivity contribution is 0.765. The summed E-state index contributed by atoms with van der Waals surface area (Å²) in [5.74, 6) is 0. The summed E-state index contributed by atoms with van der Waals surface area (Å²) in [6.45, 7) is 1.63. The first-order chi connectivity index (χ1) is 7.85. The summed E-state index contributed by atoms with van der Waals surface area (Å²) in [7, 11) is 0. The Hall–Kier alpha value is -2.37. The Balaban J connectivity index is 2.25. The monoisotopic (exact) mass is 211 g/mol. The fraction of sp³-hybridized carbons (Fsp3) is 0.182. The van der Waals surface area contributed by atoms with Gasteiger partial charge in [-0.1, -0.05) is 12.1 Å². The molecule has 0 saturated carbocycles. The quantitative estimate of drug-likeness (QED) is 0.566. The minimum atomic E-state index is -0.177. The highest BCUT2D eigenvalue weighted by Gasteiger charge is 2.13. The molecule has 16 heavy (non-hydrogen) atoms. The first-order valence-electron chi connectivity index (χ1n) is 4.80. The van der Waals surface area contributed by atoms with Gasteiger partial charge in [-0.2, -0.15) is 15.6 Å². The SMILES string of the molecule is N#CC(C#N)=NNc1cccc2c1CNC2. The van der Waals surface area contributed by atoms with Crippen molar-refractivity contribution in [2.45, 2.75) is 13.1 Å². The second-order valence-corrected chi connectivity index (χ2v) is 3.34. The number of benzene rings is 1. The van der Waals surface area contributed by atoms with Gasteiger partial charge in [0.25, 0.3) is 0 Å². The third-order valence-corrected chi connectivity index (χ3v) is 2.39. The van der Waals surface area contributed by atoms with Gasteiger partial charge in [0.05, 0.1) is 5.69 Å². The molecule has 0 aliphatic carbocycles. The molecule has 5 heteroatoms. The highest BCUT2D eigenvalue weighted by Crippen LogP contribution is 2.23. The Bertz CT molecular complexity index is 502. The van der Waals surface area contributed by atoms with Gasteiger partial charge in [-0.3, -0.25) is 5.43 Å². The van der Waals surface area contributed by atoms with Crippen LogP contribution in [0, 0.1) is 22.7 Å². The molecule has 1 aliphatic heterocycles. The Labute approximate surface area is 93.0 Å². The Morgan fingerprint density at radius 2 is 2.12 bits per heavy atom. The average Bonchev–Trinajstić information content (AvgIpc) is 2.79. The van der Waals surface area contributed by atoms with Crippen LogP contribution >= 0.6 is 0 Å². The smallest absolute Gasteiger partial charge is 0.237 e. The summed E-state index contributed by atoms with van der Waals surface area (Å²) in [5, 5.41) is 24.0. The number of rotatable bonds is 2. The zero-order valence-corrected chi connectivity index (χ0v) is 8.49. The van der Waals surface area contributed by atoms with E-state index in [9.17, 15) is 0 Å². The molecule has 2 rings (SSSR count). The van der Waals surface area contributed by atoms with Gasteiger partial charge in [0.15, 0.2) is 0 Å². The summed E-state index contributed by atoms with van der Waals surface area (Å²) < 4.78 is 0. The Kier molecular flexibility index (Phi) is 2.81. The number of fused-ring (bicyclic) bond motifs is 1. The molecule has 0 radical (unpaired) electrons. The Morgan fingerprint density at radius 1 is 1.31 bits per heavy atom. The summed E-state index contributed by atoms with van der Waals surface area (Å²) in [6.07, 6.45) is 0. The van der Waals surface area contributed by atoms with Gasteiger partial charge in [-0.25, -0.2) is 0 Å². The molecule has 2 N–H and O–H groups in total. The van der Waals surface area contributed by atoms with Gasteiger partial charge < -0.3 is 5.32 Å². The van der Waals surface area contributed by atoms with Gasteiger partial charge in [0.2, 0.25) is 5.71 Å². The van der Waals surface area contributed by atoms with E-state index in [1.54, 1.807) is 12.1 Å². The maximum absolute atomic E-state index is 8.54. The molecule has 1 heterocycles. The van der Waals surface area contributed by atoms with Gasteiger partial charge in [-0.15, -0.1) is 0 Å². The van der Waals surface area contributed by atoms with Crippen molar-refractivity contribution >= 4 is 11.4 Å². The van der Waals surface area contributed by atoms with Crippen molar-refractivity contribution in [2.24, 2.45) is 5.10 Å². The molecule has 0 unspecified atom stereocenters. The first-order valence-corrected chi connectivity index (χ1v) is 4.80. The maximum atomic E-state index is 8.54. The van der Waals surface area contributed by atoms with Crippen molar-refractivity contribution in [3.63, 3.8) is 0 Å². The van der Waals surface area contributed by atoms with Gasteiger partial charge in [0, 0.05) is 13.1 Å². The van der Waals surface area contributed by atoms with Crippen LogP contribution in [-0.4, -0.2) is 5.71 Å². The molecule has 0 amide bonds. The van der Waals surface area contributed by atoms with Crippen molar-refractivity contribution in [1.82, 2.24) is 5.32 Å². The normalized spacial score (nSPS) is 12.1. The van der Waals surface area contributed by atoms with E-state index < -0.39 is 0 Å². The van der Waals surface area contributed by atoms with Crippen LogP contribution in [0.15, 0.2) is 23.3 Å². The van der Waals surface area contributed by atoms with Crippen LogP contribution in [0.2, 0.25) is 0 Å². The molecule has 0 aromatic heterocycles. The van der Waals surface area contributed by atoms with E-state index in [4.69, 9.17) is 10.5 Å². The molecule has 0 spiro atoms. The molecule has 0 bridgehead atoms. The first kappa shape index (κ1) is 10.2. The van der Waals surface area contributed by atoms with Crippen LogP contribution in [0.4, 0.5) is 5.69 Å². The molecule has 78 valence electrons. The predicted octanol–water partition coefficient (Wildman–Crippen LogP) is 1.10. The van der Waals surface area contributed by atoms with Crippen LogP contribution in [0.5, 0.6) is 0 Å². The molecule has 1 aromatic carbocycles. The summed E-state index contributed by atoms with van der Waals surface area (Å²) in [6, 6.07) is 9.24.